The number of aliphatic hydroxyl groups is 1. The molecule has 0 bridgehead atoms. The van der Waals surface area contributed by atoms with Gasteiger partial charge in [0.15, 0.2) is 0 Å². The Bertz CT molecular complexity index is 326. The Morgan fingerprint density at radius 3 is 2.93 bits per heavy atom. The lowest BCUT2D eigenvalue weighted by molar-refractivity contribution is -0.119. The van der Waals surface area contributed by atoms with Gasteiger partial charge in [0.2, 0.25) is 5.91 Å². The van der Waals surface area contributed by atoms with E-state index in [1.54, 1.807) is 6.07 Å². The SMILES string of the molecule is CC(=O)N[C@H](C)c1cccc(CO)n1. The third-order valence-electron chi connectivity index (χ3n) is 1.85. The number of amides is 1. The van der Waals surface area contributed by atoms with Gasteiger partial charge in [0.05, 0.1) is 24.0 Å². The maximum Gasteiger partial charge on any atom is 0.217 e. The summed E-state index contributed by atoms with van der Waals surface area (Å²) in [6, 6.07) is 5.25. The van der Waals surface area contributed by atoms with E-state index >= 15 is 0 Å². The number of pyridine rings is 1. The van der Waals surface area contributed by atoms with Crippen molar-refractivity contribution in [3.8, 4) is 0 Å². The van der Waals surface area contributed by atoms with Gasteiger partial charge in [-0.05, 0) is 19.1 Å². The van der Waals surface area contributed by atoms with Crippen LogP contribution in [0.3, 0.4) is 0 Å². The largest absolute Gasteiger partial charge is 0.390 e. The molecule has 0 aliphatic heterocycles. The van der Waals surface area contributed by atoms with Gasteiger partial charge in [-0.2, -0.15) is 0 Å². The van der Waals surface area contributed by atoms with Crippen LogP contribution < -0.4 is 5.32 Å². The number of hydrogen-bond donors (Lipinski definition) is 2. The first-order valence-corrected chi connectivity index (χ1v) is 4.47. The second kappa shape index (κ2) is 4.72. The molecular formula is C10H14N2O2. The molecule has 0 aliphatic rings. The monoisotopic (exact) mass is 194 g/mol. The number of carbonyl (C=O) groups excluding carboxylic acids is 1. The van der Waals surface area contributed by atoms with Crippen LogP contribution in [0.4, 0.5) is 0 Å². The summed E-state index contributed by atoms with van der Waals surface area (Å²) in [5.41, 5.74) is 1.37. The molecule has 4 nitrogen and oxygen atoms in total. The van der Waals surface area contributed by atoms with Crippen molar-refractivity contribution in [1.82, 2.24) is 10.3 Å². The van der Waals surface area contributed by atoms with Gasteiger partial charge in [-0.15, -0.1) is 0 Å². The Kier molecular flexibility index (Phi) is 3.59. The smallest absolute Gasteiger partial charge is 0.217 e. The third kappa shape index (κ3) is 2.81. The standard InChI is InChI=1S/C10H14N2O2/c1-7(11-8(2)14)10-5-3-4-9(6-13)12-10/h3-5,7,13H,6H2,1-2H3,(H,11,14)/t7-/m1/s1. The quantitative estimate of drug-likeness (QED) is 0.747. The van der Waals surface area contributed by atoms with Gasteiger partial charge < -0.3 is 10.4 Å². The number of hydrogen-bond acceptors (Lipinski definition) is 3. The van der Waals surface area contributed by atoms with Crippen LogP contribution in [0.2, 0.25) is 0 Å². The molecule has 1 heterocycles. The molecule has 1 aromatic heterocycles. The Morgan fingerprint density at radius 1 is 1.64 bits per heavy atom. The van der Waals surface area contributed by atoms with E-state index in [0.717, 1.165) is 5.69 Å². The molecule has 0 radical (unpaired) electrons. The molecule has 0 aliphatic carbocycles. The van der Waals surface area contributed by atoms with E-state index in [1.165, 1.54) is 6.92 Å². The summed E-state index contributed by atoms with van der Waals surface area (Å²) < 4.78 is 0. The van der Waals surface area contributed by atoms with Crippen molar-refractivity contribution in [3.63, 3.8) is 0 Å². The van der Waals surface area contributed by atoms with Crippen molar-refractivity contribution >= 4 is 5.91 Å². The van der Waals surface area contributed by atoms with Crippen molar-refractivity contribution in [2.75, 3.05) is 0 Å². The van der Waals surface area contributed by atoms with Crippen molar-refractivity contribution in [2.24, 2.45) is 0 Å². The van der Waals surface area contributed by atoms with E-state index in [9.17, 15) is 4.79 Å². The zero-order chi connectivity index (χ0) is 10.6. The fourth-order valence-electron chi connectivity index (χ4n) is 1.21. The molecule has 1 aromatic rings. The van der Waals surface area contributed by atoms with Crippen LogP contribution in [-0.4, -0.2) is 16.0 Å². The highest BCUT2D eigenvalue weighted by Crippen LogP contribution is 2.09. The van der Waals surface area contributed by atoms with Gasteiger partial charge in [-0.1, -0.05) is 6.07 Å². The Hall–Kier alpha value is -1.42. The third-order valence-corrected chi connectivity index (χ3v) is 1.85. The maximum atomic E-state index is 10.8. The molecular weight excluding hydrogens is 180 g/mol. The summed E-state index contributed by atoms with van der Waals surface area (Å²) in [4.78, 5) is 15.0. The second-order valence-corrected chi connectivity index (χ2v) is 3.13. The van der Waals surface area contributed by atoms with Gasteiger partial charge in [0.25, 0.3) is 0 Å². The zero-order valence-electron chi connectivity index (χ0n) is 8.32. The fraction of sp³-hybridized carbons (Fsp3) is 0.400. The molecule has 76 valence electrons. The molecule has 0 spiro atoms. The Morgan fingerprint density at radius 2 is 2.36 bits per heavy atom. The lowest BCUT2D eigenvalue weighted by atomic mass is 10.2. The molecule has 0 saturated carbocycles. The lowest BCUT2D eigenvalue weighted by Crippen LogP contribution is -2.24. The number of nitrogens with zero attached hydrogens (tertiary/aromatic N) is 1. The fourth-order valence-corrected chi connectivity index (χ4v) is 1.21. The van der Waals surface area contributed by atoms with Crippen LogP contribution in [0.5, 0.6) is 0 Å². The number of aliphatic hydroxyl groups excluding tert-OH is 1. The van der Waals surface area contributed by atoms with Gasteiger partial charge >= 0.3 is 0 Å². The lowest BCUT2D eigenvalue weighted by Gasteiger charge is -2.12. The molecule has 1 rings (SSSR count). The highest BCUT2D eigenvalue weighted by molar-refractivity contribution is 5.73. The minimum atomic E-state index is -0.126. The molecule has 1 amide bonds. The van der Waals surface area contributed by atoms with E-state index in [4.69, 9.17) is 5.11 Å². The number of nitrogens with one attached hydrogen (secondary N) is 1. The zero-order valence-corrected chi connectivity index (χ0v) is 8.32. The predicted molar refractivity (Wildman–Crippen MR) is 52.4 cm³/mol. The average molecular weight is 194 g/mol. The van der Waals surface area contributed by atoms with E-state index in [1.807, 2.05) is 19.1 Å². The number of carbonyl (C=O) groups is 1. The molecule has 0 unspecified atom stereocenters. The molecule has 0 saturated heterocycles. The highest BCUT2D eigenvalue weighted by atomic mass is 16.3. The molecule has 0 fully saturated rings. The van der Waals surface area contributed by atoms with Crippen molar-refractivity contribution in [3.05, 3.63) is 29.6 Å². The van der Waals surface area contributed by atoms with Gasteiger partial charge in [0.1, 0.15) is 0 Å². The summed E-state index contributed by atoms with van der Waals surface area (Å²) in [7, 11) is 0. The number of rotatable bonds is 3. The van der Waals surface area contributed by atoms with Crippen molar-refractivity contribution < 1.29 is 9.90 Å². The minimum absolute atomic E-state index is 0.0827. The molecule has 1 atom stereocenters. The van der Waals surface area contributed by atoms with E-state index in [2.05, 4.69) is 10.3 Å². The van der Waals surface area contributed by atoms with E-state index < -0.39 is 0 Å². The first-order chi connectivity index (χ1) is 6.63. The van der Waals surface area contributed by atoms with Crippen LogP contribution >= 0.6 is 0 Å². The highest BCUT2D eigenvalue weighted by Gasteiger charge is 2.07. The number of aromatic nitrogens is 1. The Balaban J connectivity index is 2.78. The molecule has 2 N–H and O–H groups in total. The Labute approximate surface area is 83.0 Å². The van der Waals surface area contributed by atoms with Crippen LogP contribution in [0, 0.1) is 0 Å². The average Bonchev–Trinajstić information content (AvgIpc) is 2.17. The topological polar surface area (TPSA) is 62.2 Å². The van der Waals surface area contributed by atoms with Crippen molar-refractivity contribution in [1.29, 1.82) is 0 Å². The van der Waals surface area contributed by atoms with Gasteiger partial charge in [-0.25, -0.2) is 0 Å². The summed E-state index contributed by atoms with van der Waals surface area (Å²) in [5.74, 6) is -0.0892. The first-order valence-electron chi connectivity index (χ1n) is 4.47. The van der Waals surface area contributed by atoms with Crippen LogP contribution in [0.1, 0.15) is 31.3 Å². The summed E-state index contributed by atoms with van der Waals surface area (Å²) >= 11 is 0. The summed E-state index contributed by atoms with van der Waals surface area (Å²) in [5, 5.41) is 11.6. The molecule has 14 heavy (non-hydrogen) atoms. The first kappa shape index (κ1) is 10.7. The van der Waals surface area contributed by atoms with Crippen LogP contribution in [-0.2, 0) is 11.4 Å². The van der Waals surface area contributed by atoms with Crippen LogP contribution in [0.25, 0.3) is 0 Å². The molecule has 0 aromatic carbocycles. The van der Waals surface area contributed by atoms with Crippen molar-refractivity contribution in [2.45, 2.75) is 26.5 Å². The van der Waals surface area contributed by atoms with Gasteiger partial charge in [-0.3, -0.25) is 9.78 Å². The summed E-state index contributed by atoms with van der Waals surface area (Å²) in [6.07, 6.45) is 0. The van der Waals surface area contributed by atoms with E-state index in [0.29, 0.717) is 5.69 Å². The van der Waals surface area contributed by atoms with E-state index in [-0.39, 0.29) is 18.6 Å². The van der Waals surface area contributed by atoms with Crippen LogP contribution in [0.15, 0.2) is 18.2 Å². The predicted octanol–water partition coefficient (Wildman–Crippen LogP) is 0.771. The molecule has 4 heteroatoms. The normalized spacial score (nSPS) is 12.2. The summed E-state index contributed by atoms with van der Waals surface area (Å²) in [6.45, 7) is 3.23. The minimum Gasteiger partial charge on any atom is -0.390 e. The maximum absolute atomic E-state index is 10.8. The second-order valence-electron chi connectivity index (χ2n) is 3.13. The van der Waals surface area contributed by atoms with Gasteiger partial charge in [0, 0.05) is 6.92 Å².